The van der Waals surface area contributed by atoms with Gasteiger partial charge in [0.25, 0.3) is 0 Å². The van der Waals surface area contributed by atoms with E-state index in [4.69, 9.17) is 9.51 Å². The Morgan fingerprint density at radius 3 is 1.87 bits per heavy atom. The highest BCUT2D eigenvalue weighted by atomic mass is 32.1. The van der Waals surface area contributed by atoms with Crippen molar-refractivity contribution in [3.8, 4) is 32.8 Å². The summed E-state index contributed by atoms with van der Waals surface area (Å²) in [5.74, 6) is 6.59. The Morgan fingerprint density at radius 1 is 0.652 bits per heavy atom. The van der Waals surface area contributed by atoms with Crippen LogP contribution in [0, 0.1) is 35.5 Å². The van der Waals surface area contributed by atoms with Gasteiger partial charge in [0, 0.05) is 53.4 Å². The third-order valence-corrected chi connectivity index (χ3v) is 14.0. The van der Waals surface area contributed by atoms with Crippen LogP contribution in [0.15, 0.2) is 59.5 Å². The van der Waals surface area contributed by atoms with Gasteiger partial charge in [0.2, 0.25) is 0 Å². The molecule has 0 radical (unpaired) electrons. The van der Waals surface area contributed by atoms with Crippen molar-refractivity contribution >= 4 is 11.3 Å². The molecule has 8 aliphatic carbocycles. The third kappa shape index (κ3) is 5.18. The van der Waals surface area contributed by atoms with Crippen molar-refractivity contribution in [1.82, 2.24) is 25.8 Å². The number of rotatable bonds is 9. The Balaban J connectivity index is 0.815. The minimum absolute atomic E-state index is 0.317. The molecule has 0 atom stereocenters. The molecule has 7 heteroatoms. The minimum Gasteiger partial charge on any atom is -0.359 e. The molecule has 3 aromatic heterocycles. The van der Waals surface area contributed by atoms with E-state index in [0.29, 0.717) is 11.1 Å². The summed E-state index contributed by atoms with van der Waals surface area (Å²) in [7, 11) is 0. The standard InChI is InChI=1S/C39H45N5OS/c1-2-30(10-31(3-1)36-22-41-37(46-36)23-43-39-16-27-7-28(17-39)9-29(8-27)18-39)32-11-33(20-40-19-32)35-12-34(45-44-35)21-42-38-13-24-4-25(14-38)6-26(5-24)15-38/h1-3,10-12,19-20,22,24-29,42-43H,4-9,13-18,21,23H2. The molecular weight excluding hydrogens is 587 g/mol. The summed E-state index contributed by atoms with van der Waals surface area (Å²) >= 11 is 1.83. The van der Waals surface area contributed by atoms with E-state index >= 15 is 0 Å². The van der Waals surface area contributed by atoms with E-state index in [2.05, 4.69) is 63.4 Å². The fourth-order valence-corrected chi connectivity index (χ4v) is 12.7. The average Bonchev–Trinajstić information content (AvgIpc) is 3.73. The number of benzene rings is 1. The van der Waals surface area contributed by atoms with Crippen molar-refractivity contribution in [1.29, 1.82) is 0 Å². The Morgan fingerprint density at radius 2 is 1.22 bits per heavy atom. The van der Waals surface area contributed by atoms with Crippen molar-refractivity contribution in [2.24, 2.45) is 35.5 Å². The van der Waals surface area contributed by atoms with Gasteiger partial charge in [-0.2, -0.15) is 0 Å². The smallest absolute Gasteiger partial charge is 0.151 e. The van der Waals surface area contributed by atoms with Crippen molar-refractivity contribution in [3.63, 3.8) is 0 Å². The second-order valence-corrected chi connectivity index (χ2v) is 17.6. The molecule has 2 N–H and O–H groups in total. The Kier molecular flexibility index (Phi) is 6.63. The quantitative estimate of drug-likeness (QED) is 0.193. The molecular formula is C39H45N5OS. The zero-order chi connectivity index (χ0) is 30.3. The van der Waals surface area contributed by atoms with Crippen molar-refractivity contribution in [2.45, 2.75) is 101 Å². The summed E-state index contributed by atoms with van der Waals surface area (Å²) < 4.78 is 5.84. The molecule has 8 fully saturated rings. The molecule has 4 aromatic rings. The highest BCUT2D eigenvalue weighted by Crippen LogP contribution is 2.57. The fraction of sp³-hybridized carbons (Fsp3) is 0.564. The lowest BCUT2D eigenvalue weighted by Crippen LogP contribution is -2.58. The second-order valence-electron chi connectivity index (χ2n) is 16.4. The molecule has 6 nitrogen and oxygen atoms in total. The number of pyridine rings is 1. The monoisotopic (exact) mass is 631 g/mol. The lowest BCUT2D eigenvalue weighted by molar-refractivity contribution is -0.0215. The summed E-state index contributed by atoms with van der Waals surface area (Å²) in [4.78, 5) is 10.7. The van der Waals surface area contributed by atoms with Crippen LogP contribution in [0.5, 0.6) is 0 Å². The molecule has 3 heterocycles. The maximum Gasteiger partial charge on any atom is 0.151 e. The van der Waals surface area contributed by atoms with E-state index in [1.54, 1.807) is 0 Å². The topological polar surface area (TPSA) is 75.9 Å². The van der Waals surface area contributed by atoms with Gasteiger partial charge in [-0.25, -0.2) is 4.98 Å². The summed E-state index contributed by atoms with van der Waals surface area (Å²) in [6.07, 6.45) is 22.9. The van der Waals surface area contributed by atoms with Gasteiger partial charge in [-0.05, 0) is 136 Å². The van der Waals surface area contributed by atoms with Gasteiger partial charge in [0.1, 0.15) is 10.7 Å². The lowest BCUT2D eigenvalue weighted by Gasteiger charge is -2.57. The van der Waals surface area contributed by atoms with Crippen LogP contribution in [0.2, 0.25) is 0 Å². The first kappa shape index (κ1) is 28.2. The first-order valence-corrected chi connectivity index (χ1v) is 18.8. The molecule has 0 unspecified atom stereocenters. The van der Waals surface area contributed by atoms with Gasteiger partial charge in [-0.1, -0.05) is 23.4 Å². The van der Waals surface area contributed by atoms with Crippen LogP contribution in [0.4, 0.5) is 0 Å². The van der Waals surface area contributed by atoms with Gasteiger partial charge in [-0.3, -0.25) is 4.98 Å². The van der Waals surface area contributed by atoms with Crippen LogP contribution < -0.4 is 10.6 Å². The summed E-state index contributed by atoms with van der Waals surface area (Å²) in [6.45, 7) is 1.64. The number of hydrogen-bond acceptors (Lipinski definition) is 7. The summed E-state index contributed by atoms with van der Waals surface area (Å²) in [6, 6.07) is 13.1. The molecule has 238 valence electrons. The zero-order valence-corrected chi connectivity index (χ0v) is 27.5. The second kappa shape index (κ2) is 10.8. The van der Waals surface area contributed by atoms with Crippen LogP contribution in [0.1, 0.15) is 87.8 Å². The van der Waals surface area contributed by atoms with E-state index in [1.807, 2.05) is 23.7 Å². The van der Waals surface area contributed by atoms with Crippen LogP contribution in [-0.2, 0) is 13.1 Å². The van der Waals surface area contributed by atoms with Crippen LogP contribution in [0.3, 0.4) is 0 Å². The average molecular weight is 632 g/mol. The van der Waals surface area contributed by atoms with Crippen molar-refractivity contribution in [3.05, 3.63) is 65.8 Å². The van der Waals surface area contributed by atoms with E-state index in [9.17, 15) is 0 Å². The molecule has 8 saturated carbocycles. The molecule has 12 rings (SSSR count). The zero-order valence-electron chi connectivity index (χ0n) is 26.7. The predicted octanol–water partition coefficient (Wildman–Crippen LogP) is 8.64. The Bertz CT molecular complexity index is 1560. The summed E-state index contributed by atoms with van der Waals surface area (Å²) in [5, 5.41) is 13.6. The predicted molar refractivity (Wildman–Crippen MR) is 182 cm³/mol. The van der Waals surface area contributed by atoms with Crippen molar-refractivity contribution < 1.29 is 4.52 Å². The van der Waals surface area contributed by atoms with Gasteiger partial charge >= 0.3 is 0 Å². The van der Waals surface area contributed by atoms with Gasteiger partial charge in [0.15, 0.2) is 5.76 Å². The van der Waals surface area contributed by atoms with E-state index in [-0.39, 0.29) is 0 Å². The first-order chi connectivity index (χ1) is 22.5. The van der Waals surface area contributed by atoms with Crippen LogP contribution >= 0.6 is 11.3 Å². The molecule has 0 saturated heterocycles. The van der Waals surface area contributed by atoms with E-state index in [0.717, 1.165) is 76.7 Å². The largest absolute Gasteiger partial charge is 0.359 e. The lowest BCUT2D eigenvalue weighted by atomic mass is 9.53. The highest BCUT2D eigenvalue weighted by Gasteiger charge is 2.51. The molecule has 8 bridgehead atoms. The first-order valence-electron chi connectivity index (χ1n) is 18.0. The van der Waals surface area contributed by atoms with Gasteiger partial charge in [-0.15, -0.1) is 11.3 Å². The van der Waals surface area contributed by atoms with Crippen LogP contribution in [-0.4, -0.2) is 26.2 Å². The van der Waals surface area contributed by atoms with Crippen molar-refractivity contribution in [2.75, 3.05) is 0 Å². The van der Waals surface area contributed by atoms with E-state index in [1.165, 1.54) is 92.5 Å². The minimum atomic E-state index is 0.317. The number of nitrogens with one attached hydrogen (secondary N) is 2. The molecule has 1 aromatic carbocycles. The number of nitrogens with zero attached hydrogens (tertiary/aromatic N) is 3. The maximum absolute atomic E-state index is 5.84. The Hall–Kier alpha value is -2.87. The molecule has 46 heavy (non-hydrogen) atoms. The molecule has 8 aliphatic rings. The maximum atomic E-state index is 5.84. The third-order valence-electron chi connectivity index (χ3n) is 13.0. The van der Waals surface area contributed by atoms with Crippen LogP contribution in [0.25, 0.3) is 32.8 Å². The highest BCUT2D eigenvalue weighted by molar-refractivity contribution is 7.15. The SMILES string of the molecule is c1cc(-c2cncc(-c3cc(CNC45CC6CC(CC(C6)C4)C5)on3)c2)cc(-c2cnc(CNC34CC5CC(CC(C5)C3)C4)s2)c1. The molecule has 0 spiro atoms. The Labute approximate surface area is 276 Å². The fourth-order valence-electron chi connectivity index (χ4n) is 11.8. The number of aromatic nitrogens is 3. The summed E-state index contributed by atoms with van der Waals surface area (Å²) in [5.41, 5.74) is 5.98. The number of thiazole rings is 1. The van der Waals surface area contributed by atoms with Gasteiger partial charge < -0.3 is 15.2 Å². The molecule has 0 aliphatic heterocycles. The van der Waals surface area contributed by atoms with E-state index < -0.39 is 0 Å². The number of hydrogen-bond donors (Lipinski definition) is 2. The molecule has 0 amide bonds. The van der Waals surface area contributed by atoms with Gasteiger partial charge in [0.05, 0.1) is 11.4 Å². The normalized spacial score (nSPS) is 35.3.